The van der Waals surface area contributed by atoms with Crippen LogP contribution in [-0.2, 0) is 9.59 Å². The van der Waals surface area contributed by atoms with E-state index in [9.17, 15) is 9.59 Å². The molecule has 0 spiro atoms. The Morgan fingerprint density at radius 2 is 1.87 bits per heavy atom. The number of nitrogens with one attached hydrogen (secondary N) is 1. The second kappa shape index (κ2) is 8.11. The quantitative estimate of drug-likeness (QED) is 0.660. The van der Waals surface area contributed by atoms with Crippen molar-refractivity contribution in [2.24, 2.45) is 0 Å². The summed E-state index contributed by atoms with van der Waals surface area (Å²) in [5, 5.41) is 11.3. The molecule has 0 radical (unpaired) electrons. The molecular weight excluding hydrogens is 292 g/mol. The zero-order valence-electron chi connectivity index (χ0n) is 13.2. The predicted octanol–water partition coefficient (Wildman–Crippen LogP) is 0.831. The Balaban J connectivity index is 2.10. The standard InChI is InChI=1S/C17H20N4O2/c1-14(22)19-16(13-15-5-3-2-4-6-15)17(23)21-11-9-20(8-7-18)10-12-21/h2-6,13H,8-12H2,1H3,(H,19,22). The highest BCUT2D eigenvalue weighted by Gasteiger charge is 2.24. The largest absolute Gasteiger partial charge is 0.335 e. The number of nitriles is 1. The molecule has 6 nitrogen and oxygen atoms in total. The van der Waals surface area contributed by atoms with Crippen LogP contribution in [0.25, 0.3) is 6.08 Å². The van der Waals surface area contributed by atoms with E-state index in [-0.39, 0.29) is 17.5 Å². The normalized spacial score (nSPS) is 15.8. The van der Waals surface area contributed by atoms with Crippen LogP contribution in [0.5, 0.6) is 0 Å². The Labute approximate surface area is 136 Å². The van der Waals surface area contributed by atoms with Crippen LogP contribution in [0.1, 0.15) is 12.5 Å². The fourth-order valence-electron chi connectivity index (χ4n) is 2.44. The lowest BCUT2D eigenvalue weighted by Crippen LogP contribution is -2.50. The lowest BCUT2D eigenvalue weighted by Gasteiger charge is -2.33. The maximum atomic E-state index is 12.7. The summed E-state index contributed by atoms with van der Waals surface area (Å²) < 4.78 is 0. The molecule has 0 saturated carbocycles. The molecule has 0 unspecified atom stereocenters. The van der Waals surface area contributed by atoms with E-state index in [0.29, 0.717) is 32.7 Å². The summed E-state index contributed by atoms with van der Waals surface area (Å²) in [7, 11) is 0. The van der Waals surface area contributed by atoms with Crippen molar-refractivity contribution in [3.63, 3.8) is 0 Å². The van der Waals surface area contributed by atoms with Gasteiger partial charge in [-0.2, -0.15) is 5.26 Å². The lowest BCUT2D eigenvalue weighted by molar-refractivity contribution is -0.130. The van der Waals surface area contributed by atoms with Gasteiger partial charge in [0.1, 0.15) is 5.70 Å². The molecule has 1 aromatic carbocycles. The molecule has 0 bridgehead atoms. The number of rotatable bonds is 4. The van der Waals surface area contributed by atoms with Crippen molar-refractivity contribution in [1.82, 2.24) is 15.1 Å². The second-order valence-corrected chi connectivity index (χ2v) is 5.38. The van der Waals surface area contributed by atoms with Crippen molar-refractivity contribution in [3.8, 4) is 6.07 Å². The molecule has 120 valence electrons. The summed E-state index contributed by atoms with van der Waals surface area (Å²) in [5.74, 6) is -0.468. The molecule has 23 heavy (non-hydrogen) atoms. The number of amides is 2. The van der Waals surface area contributed by atoms with Gasteiger partial charge in [-0.05, 0) is 11.6 Å². The maximum Gasteiger partial charge on any atom is 0.270 e. The van der Waals surface area contributed by atoms with Crippen molar-refractivity contribution in [2.45, 2.75) is 6.92 Å². The molecule has 0 aromatic heterocycles. The van der Waals surface area contributed by atoms with Gasteiger partial charge < -0.3 is 10.2 Å². The number of benzene rings is 1. The Bertz CT molecular complexity index is 626. The van der Waals surface area contributed by atoms with Crippen LogP contribution < -0.4 is 5.32 Å². The number of piperazine rings is 1. The van der Waals surface area contributed by atoms with Crippen molar-refractivity contribution in [1.29, 1.82) is 5.26 Å². The summed E-state index contributed by atoms with van der Waals surface area (Å²) in [6, 6.07) is 11.5. The predicted molar refractivity (Wildman–Crippen MR) is 86.9 cm³/mol. The summed E-state index contributed by atoms with van der Waals surface area (Å²) >= 11 is 0. The van der Waals surface area contributed by atoms with Gasteiger partial charge in [-0.3, -0.25) is 14.5 Å². The van der Waals surface area contributed by atoms with Crippen molar-refractivity contribution < 1.29 is 9.59 Å². The van der Waals surface area contributed by atoms with Gasteiger partial charge in [0.05, 0.1) is 12.6 Å². The first-order chi connectivity index (χ1) is 11.1. The monoisotopic (exact) mass is 312 g/mol. The molecule has 1 heterocycles. The molecule has 1 fully saturated rings. The van der Waals surface area contributed by atoms with Crippen LogP contribution in [-0.4, -0.2) is 54.3 Å². The highest BCUT2D eigenvalue weighted by molar-refractivity contribution is 6.01. The van der Waals surface area contributed by atoms with Crippen LogP contribution >= 0.6 is 0 Å². The molecule has 1 aromatic rings. The van der Waals surface area contributed by atoms with Crippen LogP contribution in [0, 0.1) is 11.3 Å². The second-order valence-electron chi connectivity index (χ2n) is 5.38. The van der Waals surface area contributed by atoms with E-state index in [1.807, 2.05) is 35.2 Å². The molecule has 6 heteroatoms. The van der Waals surface area contributed by atoms with Gasteiger partial charge in [-0.1, -0.05) is 30.3 Å². The fourth-order valence-corrected chi connectivity index (χ4v) is 2.44. The zero-order chi connectivity index (χ0) is 16.7. The lowest BCUT2D eigenvalue weighted by atomic mass is 10.1. The van der Waals surface area contributed by atoms with E-state index in [2.05, 4.69) is 11.4 Å². The van der Waals surface area contributed by atoms with E-state index >= 15 is 0 Å². The molecule has 1 N–H and O–H groups in total. The van der Waals surface area contributed by atoms with Gasteiger partial charge in [0.15, 0.2) is 0 Å². The Hall–Kier alpha value is -2.65. The van der Waals surface area contributed by atoms with Gasteiger partial charge in [-0.25, -0.2) is 0 Å². The molecule has 0 aliphatic carbocycles. The first-order valence-electron chi connectivity index (χ1n) is 7.53. The van der Waals surface area contributed by atoms with Crippen molar-refractivity contribution >= 4 is 17.9 Å². The van der Waals surface area contributed by atoms with E-state index in [1.54, 1.807) is 11.0 Å². The van der Waals surface area contributed by atoms with Gasteiger partial charge in [-0.15, -0.1) is 0 Å². The van der Waals surface area contributed by atoms with Gasteiger partial charge in [0.25, 0.3) is 5.91 Å². The third-order valence-corrected chi connectivity index (χ3v) is 3.61. The molecular formula is C17H20N4O2. The van der Waals surface area contributed by atoms with Crippen molar-refractivity contribution in [3.05, 3.63) is 41.6 Å². The Morgan fingerprint density at radius 1 is 1.22 bits per heavy atom. The molecule has 2 rings (SSSR count). The van der Waals surface area contributed by atoms with Gasteiger partial charge >= 0.3 is 0 Å². The average Bonchev–Trinajstić information content (AvgIpc) is 2.55. The van der Waals surface area contributed by atoms with Crippen LogP contribution in [0.2, 0.25) is 0 Å². The number of hydrogen-bond donors (Lipinski definition) is 1. The maximum absolute atomic E-state index is 12.7. The minimum atomic E-state index is -0.274. The first-order valence-corrected chi connectivity index (χ1v) is 7.53. The number of hydrogen-bond acceptors (Lipinski definition) is 4. The number of carbonyl (C=O) groups excluding carboxylic acids is 2. The molecule has 1 aliphatic heterocycles. The van der Waals surface area contributed by atoms with Crippen molar-refractivity contribution in [2.75, 3.05) is 32.7 Å². The third-order valence-electron chi connectivity index (χ3n) is 3.61. The van der Waals surface area contributed by atoms with Crippen LogP contribution in [0.3, 0.4) is 0 Å². The molecule has 1 saturated heterocycles. The van der Waals surface area contributed by atoms with E-state index < -0.39 is 0 Å². The Morgan fingerprint density at radius 3 is 2.43 bits per heavy atom. The average molecular weight is 312 g/mol. The number of carbonyl (C=O) groups is 2. The van der Waals surface area contributed by atoms with Gasteiger partial charge in [0.2, 0.25) is 5.91 Å². The van der Waals surface area contributed by atoms with E-state index in [0.717, 1.165) is 5.56 Å². The van der Waals surface area contributed by atoms with Crippen LogP contribution in [0.15, 0.2) is 36.0 Å². The fraction of sp³-hybridized carbons (Fsp3) is 0.353. The minimum absolute atomic E-state index is 0.194. The minimum Gasteiger partial charge on any atom is -0.335 e. The van der Waals surface area contributed by atoms with E-state index in [4.69, 9.17) is 5.26 Å². The summed E-state index contributed by atoms with van der Waals surface area (Å²) in [4.78, 5) is 27.8. The zero-order valence-corrected chi connectivity index (χ0v) is 13.2. The molecule has 0 atom stereocenters. The molecule has 2 amide bonds. The van der Waals surface area contributed by atoms with Crippen LogP contribution in [0.4, 0.5) is 0 Å². The van der Waals surface area contributed by atoms with Gasteiger partial charge in [0, 0.05) is 33.1 Å². The number of nitrogens with zero attached hydrogens (tertiary/aromatic N) is 3. The smallest absolute Gasteiger partial charge is 0.270 e. The topological polar surface area (TPSA) is 76.4 Å². The Kier molecular flexibility index (Phi) is 5.89. The first kappa shape index (κ1) is 16.7. The van der Waals surface area contributed by atoms with E-state index in [1.165, 1.54) is 6.92 Å². The molecule has 1 aliphatic rings. The summed E-state index contributed by atoms with van der Waals surface area (Å²) in [6.45, 7) is 4.19. The summed E-state index contributed by atoms with van der Waals surface area (Å²) in [6.07, 6.45) is 1.69. The summed E-state index contributed by atoms with van der Waals surface area (Å²) in [5.41, 5.74) is 1.13. The SMILES string of the molecule is CC(=O)NC(=Cc1ccccc1)C(=O)N1CCN(CC#N)CC1. The third kappa shape index (κ3) is 4.94. The highest BCUT2D eigenvalue weighted by Crippen LogP contribution is 2.10. The highest BCUT2D eigenvalue weighted by atomic mass is 16.2.